The largest absolute Gasteiger partial charge is 0.146 e. The smallest absolute Gasteiger partial charge is 0.105 e. The van der Waals surface area contributed by atoms with Crippen molar-refractivity contribution >= 4 is 13.6 Å². The molecule has 0 aliphatic rings. The Balaban J connectivity index is 2.62. The monoisotopic (exact) mass is 209 g/mol. The van der Waals surface area contributed by atoms with Crippen LogP contribution in [0.1, 0.15) is 50.7 Å². The van der Waals surface area contributed by atoms with E-state index in [9.17, 15) is 5.73 Å². The van der Waals surface area contributed by atoms with Crippen molar-refractivity contribution in [2.75, 3.05) is 0 Å². The summed E-state index contributed by atoms with van der Waals surface area (Å²) in [5.74, 6) is 2.23. The molecule has 0 saturated carbocycles. The summed E-state index contributed by atoms with van der Waals surface area (Å²) in [6.07, 6.45) is 7.13. The highest BCUT2D eigenvalue weighted by Crippen LogP contribution is 2.32. The molecule has 0 bridgehead atoms. The van der Waals surface area contributed by atoms with Gasteiger partial charge in [0.05, 0.1) is 0 Å². The van der Waals surface area contributed by atoms with Crippen molar-refractivity contribution in [3.8, 4) is 0 Å². The first-order chi connectivity index (χ1) is 6.79. The van der Waals surface area contributed by atoms with Gasteiger partial charge >= 0.3 is 0 Å². The number of hydrogen-bond acceptors (Lipinski definition) is 0. The predicted molar refractivity (Wildman–Crippen MR) is 65.0 cm³/mol. The summed E-state index contributed by atoms with van der Waals surface area (Å²) in [5.41, 5.74) is 13.1. The summed E-state index contributed by atoms with van der Waals surface area (Å²) in [5, 5.41) is 0. The third kappa shape index (κ3) is 3.06. The Hall–Kier alpha value is -0.420. The first-order valence-corrected chi connectivity index (χ1v) is 6.75. The van der Waals surface area contributed by atoms with Crippen LogP contribution < -0.4 is 5.73 Å². The molecule has 1 aromatic rings. The maximum Gasteiger partial charge on any atom is 0.105 e. The lowest BCUT2D eigenvalue weighted by Crippen LogP contribution is -1.91. The molecule has 14 heavy (non-hydrogen) atoms. The molecule has 1 rings (SSSR count). The van der Waals surface area contributed by atoms with Gasteiger partial charge < -0.3 is 0 Å². The highest BCUT2D eigenvalue weighted by molar-refractivity contribution is 7.33. The van der Waals surface area contributed by atoms with Crippen LogP contribution in [-0.2, 0) is 12.8 Å². The van der Waals surface area contributed by atoms with Crippen LogP contribution in [0, 0.1) is 0 Å². The molecule has 2 heteroatoms. The van der Waals surface area contributed by atoms with Gasteiger partial charge in [-0.05, 0) is 42.6 Å². The second-order valence-corrected chi connectivity index (χ2v) is 4.90. The zero-order chi connectivity index (χ0) is 10.4. The van der Waals surface area contributed by atoms with Crippen LogP contribution in [0.4, 0.5) is 5.42 Å². The first-order valence-electron chi connectivity index (χ1n) is 5.67. The van der Waals surface area contributed by atoms with E-state index in [2.05, 4.69) is 19.6 Å². The van der Waals surface area contributed by atoms with Crippen molar-refractivity contribution in [3.63, 3.8) is 0 Å². The van der Waals surface area contributed by atoms with Crippen LogP contribution >= 0.6 is 8.19 Å². The van der Waals surface area contributed by atoms with E-state index in [0.29, 0.717) is 13.6 Å². The molecule has 0 aliphatic heterocycles. The molecule has 1 heterocycles. The molecule has 0 fully saturated rings. The van der Waals surface area contributed by atoms with Crippen LogP contribution in [0.3, 0.4) is 0 Å². The molecule has 1 nitrogen and oxygen atoms in total. The fraction of sp³-hybridized carbons (Fsp3) is 0.667. The quantitative estimate of drug-likeness (QED) is 0.673. The van der Waals surface area contributed by atoms with E-state index < -0.39 is 0 Å². The Labute approximate surface area is 89.2 Å². The summed E-state index contributed by atoms with van der Waals surface area (Å²) in [7, 11) is 0.539. The molecule has 1 aromatic heterocycles. The van der Waals surface area contributed by atoms with Gasteiger partial charge in [-0.25, -0.2) is 0 Å². The average molecular weight is 209 g/mol. The predicted octanol–water partition coefficient (Wildman–Crippen LogP) is 4.10. The van der Waals surface area contributed by atoms with Crippen LogP contribution in [0.2, 0.25) is 0 Å². The molecule has 78 valence electrons. The molecule has 0 N–H and O–H groups in total. The number of hydrogen-bond donors (Lipinski definition) is 0. The van der Waals surface area contributed by atoms with Gasteiger partial charge in [0, 0.05) is 0 Å². The standard InChI is InChI=1S/C12H20NP/c1-3-5-7-10-9-14-12(13)11(10)8-6-4-2/h9,14H,3-8H2,1-2H3. The SMILES string of the molecule is CCCCc1c[pH]c([N])c1CCCC. The maximum absolute atomic E-state index is 9.73. The van der Waals surface area contributed by atoms with E-state index in [4.69, 9.17) is 0 Å². The number of rotatable bonds is 6. The van der Waals surface area contributed by atoms with E-state index in [0.717, 1.165) is 12.8 Å². The van der Waals surface area contributed by atoms with Crippen molar-refractivity contribution < 1.29 is 0 Å². The lowest BCUT2D eigenvalue weighted by molar-refractivity contribution is 0.762. The number of unbranched alkanes of at least 4 members (excludes halogenated alkanes) is 2. The molecule has 0 amide bonds. The summed E-state index contributed by atoms with van der Waals surface area (Å²) in [4.78, 5) is 0. The minimum atomic E-state index is 0.539. The van der Waals surface area contributed by atoms with Crippen molar-refractivity contribution in [1.29, 1.82) is 0 Å². The Morgan fingerprint density at radius 3 is 2.43 bits per heavy atom. The van der Waals surface area contributed by atoms with Gasteiger partial charge in [0.25, 0.3) is 0 Å². The highest BCUT2D eigenvalue weighted by Gasteiger charge is 2.08. The van der Waals surface area contributed by atoms with Crippen LogP contribution in [-0.4, -0.2) is 0 Å². The fourth-order valence-electron chi connectivity index (χ4n) is 1.70. The fourth-order valence-corrected chi connectivity index (χ4v) is 2.79. The minimum Gasteiger partial charge on any atom is -0.146 e. The van der Waals surface area contributed by atoms with Crippen molar-refractivity contribution in [3.05, 3.63) is 16.9 Å². The number of aryl methyl sites for hydroxylation is 1. The van der Waals surface area contributed by atoms with Crippen molar-refractivity contribution in [2.24, 2.45) is 0 Å². The number of nitrogens with zero attached hydrogens (tertiary/aromatic N) is 1. The van der Waals surface area contributed by atoms with Gasteiger partial charge in [0.1, 0.15) is 5.42 Å². The van der Waals surface area contributed by atoms with Crippen molar-refractivity contribution in [2.45, 2.75) is 52.4 Å². The topological polar surface area (TPSA) is 22.3 Å². The molecule has 1 atom stereocenters. The van der Waals surface area contributed by atoms with Crippen LogP contribution in [0.25, 0.3) is 0 Å². The summed E-state index contributed by atoms with van der Waals surface area (Å²) in [6, 6.07) is 0. The zero-order valence-electron chi connectivity index (χ0n) is 9.27. The van der Waals surface area contributed by atoms with Gasteiger partial charge in [-0.3, -0.25) is 0 Å². The second-order valence-electron chi connectivity index (χ2n) is 3.85. The molecular formula is C12H20NP. The lowest BCUT2D eigenvalue weighted by atomic mass is 10.0. The van der Waals surface area contributed by atoms with E-state index in [1.165, 1.54) is 36.8 Å². The highest BCUT2D eigenvalue weighted by atomic mass is 31.0. The summed E-state index contributed by atoms with van der Waals surface area (Å²) < 4.78 is 0. The zero-order valence-corrected chi connectivity index (χ0v) is 10.3. The third-order valence-electron chi connectivity index (χ3n) is 2.64. The van der Waals surface area contributed by atoms with Crippen molar-refractivity contribution in [1.82, 2.24) is 5.73 Å². The van der Waals surface area contributed by atoms with E-state index >= 15 is 0 Å². The average Bonchev–Trinajstić information content (AvgIpc) is 2.53. The molecule has 0 aromatic carbocycles. The van der Waals surface area contributed by atoms with E-state index in [1.54, 1.807) is 0 Å². The van der Waals surface area contributed by atoms with Crippen LogP contribution in [0.15, 0.2) is 5.80 Å². The molecule has 1 unspecified atom stereocenters. The Morgan fingerprint density at radius 2 is 1.79 bits per heavy atom. The summed E-state index contributed by atoms with van der Waals surface area (Å²) in [6.45, 7) is 4.41. The van der Waals surface area contributed by atoms with Gasteiger partial charge in [0.15, 0.2) is 0 Å². The molecular weight excluding hydrogens is 189 g/mol. The van der Waals surface area contributed by atoms with Gasteiger partial charge in [-0.1, -0.05) is 26.7 Å². The Kier molecular flexibility index (Phi) is 5.11. The summed E-state index contributed by atoms with van der Waals surface area (Å²) >= 11 is 0. The van der Waals surface area contributed by atoms with E-state index in [-0.39, 0.29) is 0 Å². The maximum atomic E-state index is 9.73. The second kappa shape index (κ2) is 6.14. The molecule has 2 radical (unpaired) electrons. The normalized spacial score (nSPS) is 11.3. The lowest BCUT2D eigenvalue weighted by Gasteiger charge is -2.03. The van der Waals surface area contributed by atoms with Gasteiger partial charge in [-0.15, -0.1) is 13.9 Å². The first kappa shape index (κ1) is 11.7. The Bertz CT molecular complexity index is 265. The Morgan fingerprint density at radius 1 is 1.14 bits per heavy atom. The molecule has 0 spiro atoms. The van der Waals surface area contributed by atoms with Gasteiger partial charge in [-0.2, -0.15) is 0 Å². The van der Waals surface area contributed by atoms with Gasteiger partial charge in [0.2, 0.25) is 0 Å². The minimum absolute atomic E-state index is 0.539. The third-order valence-corrected chi connectivity index (χ3v) is 3.70. The van der Waals surface area contributed by atoms with Crippen LogP contribution in [0.5, 0.6) is 0 Å². The molecule has 0 saturated heterocycles. The molecule has 0 aliphatic carbocycles. The van der Waals surface area contributed by atoms with E-state index in [1.807, 2.05) is 0 Å².